The zero-order chi connectivity index (χ0) is 8.13. The average molecular weight is 155 g/mol. The number of hydrogen-bond acceptors (Lipinski definition) is 0. The lowest BCUT2D eigenvalue weighted by Crippen LogP contribution is -2.09. The van der Waals surface area contributed by atoms with Gasteiger partial charge in [0.2, 0.25) is 0 Å². The zero-order valence-corrected chi connectivity index (χ0v) is 7.17. The molecule has 1 atom stereocenters. The minimum absolute atomic E-state index is 0.799. The van der Waals surface area contributed by atoms with Crippen molar-refractivity contribution in [2.45, 2.75) is 13.3 Å². The number of rotatable bonds is 0. The summed E-state index contributed by atoms with van der Waals surface area (Å²) >= 11 is 0. The van der Waals surface area contributed by atoms with Crippen molar-refractivity contribution >= 4 is 5.57 Å². The van der Waals surface area contributed by atoms with Gasteiger partial charge in [0, 0.05) is 6.42 Å². The number of allylic oxidation sites excluding steroid dienone is 2. The van der Waals surface area contributed by atoms with E-state index in [9.17, 15) is 0 Å². The normalized spacial score (nSPS) is 24.9. The van der Waals surface area contributed by atoms with Gasteiger partial charge < -0.3 is 0 Å². The Morgan fingerprint density at radius 3 is 2.92 bits per heavy atom. The molecule has 2 aliphatic carbocycles. The number of fused-ring (bicyclic) bond motifs is 2. The van der Waals surface area contributed by atoms with Gasteiger partial charge in [-0.3, -0.25) is 0 Å². The lowest BCUT2D eigenvalue weighted by Gasteiger charge is -2.25. The first-order chi connectivity index (χ1) is 5.86. The molecule has 2 aliphatic rings. The summed E-state index contributed by atoms with van der Waals surface area (Å²) in [6, 6.07) is 8.69. The van der Waals surface area contributed by atoms with Crippen molar-refractivity contribution in [1.82, 2.24) is 0 Å². The van der Waals surface area contributed by atoms with Crippen LogP contribution in [0.5, 0.6) is 0 Å². The molecule has 0 N–H and O–H groups in total. The molecule has 0 fully saturated rings. The van der Waals surface area contributed by atoms with E-state index in [1.54, 1.807) is 11.1 Å². The zero-order valence-electron chi connectivity index (χ0n) is 7.17. The quantitative estimate of drug-likeness (QED) is 0.540. The van der Waals surface area contributed by atoms with Crippen molar-refractivity contribution in [3.8, 4) is 0 Å². The van der Waals surface area contributed by atoms with Crippen LogP contribution in [0.2, 0.25) is 0 Å². The molecule has 1 radical (unpaired) electrons. The van der Waals surface area contributed by atoms with E-state index >= 15 is 0 Å². The van der Waals surface area contributed by atoms with Gasteiger partial charge in [0.1, 0.15) is 0 Å². The monoisotopic (exact) mass is 155 g/mol. The van der Waals surface area contributed by atoms with Crippen LogP contribution in [0.15, 0.2) is 29.8 Å². The Labute approximate surface area is 72.9 Å². The van der Waals surface area contributed by atoms with Crippen LogP contribution in [0.1, 0.15) is 24.5 Å². The van der Waals surface area contributed by atoms with Crippen molar-refractivity contribution in [2.24, 2.45) is 5.92 Å². The summed E-state index contributed by atoms with van der Waals surface area (Å²) in [7, 11) is 0. The van der Waals surface area contributed by atoms with Gasteiger partial charge in [-0.25, -0.2) is 0 Å². The highest BCUT2D eigenvalue weighted by molar-refractivity contribution is 5.85. The molecular weight excluding hydrogens is 144 g/mol. The molecule has 1 unspecified atom stereocenters. The fourth-order valence-electron chi connectivity index (χ4n) is 2.26. The fraction of sp³-hybridized carbons (Fsp3) is 0.250. The predicted molar refractivity (Wildman–Crippen MR) is 50.5 cm³/mol. The molecule has 1 aromatic carbocycles. The summed E-state index contributed by atoms with van der Waals surface area (Å²) in [5.41, 5.74) is 6.08. The van der Waals surface area contributed by atoms with E-state index in [1.807, 2.05) is 0 Å². The summed E-state index contributed by atoms with van der Waals surface area (Å²) in [4.78, 5) is 0. The maximum absolute atomic E-state index is 2.35. The summed E-state index contributed by atoms with van der Waals surface area (Å²) in [5, 5.41) is 0. The Morgan fingerprint density at radius 1 is 1.25 bits per heavy atom. The van der Waals surface area contributed by atoms with E-state index in [4.69, 9.17) is 0 Å². The molecule has 0 heteroatoms. The number of benzene rings is 1. The van der Waals surface area contributed by atoms with Gasteiger partial charge in [-0.1, -0.05) is 36.8 Å². The Kier molecular flexibility index (Phi) is 1.08. The summed E-state index contributed by atoms with van der Waals surface area (Å²) in [6.07, 6.45) is 3.63. The van der Waals surface area contributed by atoms with Crippen LogP contribution in [-0.2, 0) is 0 Å². The topological polar surface area (TPSA) is 0 Å². The van der Waals surface area contributed by atoms with E-state index in [2.05, 4.69) is 37.6 Å². The second-order valence-electron chi connectivity index (χ2n) is 3.77. The van der Waals surface area contributed by atoms with Gasteiger partial charge >= 0.3 is 0 Å². The van der Waals surface area contributed by atoms with E-state index < -0.39 is 0 Å². The second-order valence-corrected chi connectivity index (χ2v) is 3.77. The lowest BCUT2D eigenvalue weighted by molar-refractivity contribution is 0.663. The fourth-order valence-corrected chi connectivity index (χ4v) is 2.26. The van der Waals surface area contributed by atoms with Gasteiger partial charge in [0.25, 0.3) is 0 Å². The molecule has 12 heavy (non-hydrogen) atoms. The minimum Gasteiger partial charge on any atom is -0.0619 e. The molecule has 3 rings (SSSR count). The third-order valence-corrected chi connectivity index (χ3v) is 2.99. The largest absolute Gasteiger partial charge is 0.0619 e. The van der Waals surface area contributed by atoms with Crippen LogP contribution in [0.4, 0.5) is 0 Å². The van der Waals surface area contributed by atoms with E-state index in [0.717, 1.165) is 5.92 Å². The van der Waals surface area contributed by atoms with Gasteiger partial charge in [-0.2, -0.15) is 0 Å². The highest BCUT2D eigenvalue weighted by Gasteiger charge is 2.32. The van der Waals surface area contributed by atoms with E-state index in [0.29, 0.717) is 0 Å². The average Bonchev–Trinajstić information content (AvgIpc) is 2.39. The van der Waals surface area contributed by atoms with Crippen LogP contribution in [-0.4, -0.2) is 0 Å². The minimum atomic E-state index is 0.799. The van der Waals surface area contributed by atoms with Gasteiger partial charge in [-0.15, -0.1) is 0 Å². The van der Waals surface area contributed by atoms with Crippen LogP contribution < -0.4 is 0 Å². The molecule has 0 nitrogen and oxygen atoms in total. The Balaban J connectivity index is 2.17. The number of hydrogen-bond donors (Lipinski definition) is 0. The maximum atomic E-state index is 2.35. The molecule has 0 heterocycles. The van der Waals surface area contributed by atoms with Crippen LogP contribution >= 0.6 is 0 Å². The highest BCUT2D eigenvalue weighted by Crippen LogP contribution is 2.49. The molecule has 59 valence electrons. The Bertz CT molecular complexity index is 371. The molecule has 0 amide bonds. The summed E-state index contributed by atoms with van der Waals surface area (Å²) in [6.45, 7) is 2.31. The van der Waals surface area contributed by atoms with Gasteiger partial charge in [0.05, 0.1) is 0 Å². The first kappa shape index (κ1) is 6.47. The van der Waals surface area contributed by atoms with E-state index in [-0.39, 0.29) is 0 Å². The molecule has 0 spiro atoms. The Morgan fingerprint density at radius 2 is 2.08 bits per heavy atom. The van der Waals surface area contributed by atoms with Crippen LogP contribution in [0.3, 0.4) is 0 Å². The first-order valence-corrected chi connectivity index (χ1v) is 4.53. The molecular formula is C12H11. The standard InChI is InChI=1S/C12H11/c1-8-6-12-10-5-3-2-4-9(10)7-11(8)12/h2-5,7-8H,6H2,1H3. The van der Waals surface area contributed by atoms with Gasteiger partial charge in [-0.05, 0) is 29.0 Å². The summed E-state index contributed by atoms with van der Waals surface area (Å²) in [5.74, 6) is 0.799. The van der Waals surface area contributed by atoms with Crippen molar-refractivity contribution in [1.29, 1.82) is 0 Å². The van der Waals surface area contributed by atoms with Crippen molar-refractivity contribution in [3.05, 3.63) is 47.4 Å². The van der Waals surface area contributed by atoms with Crippen molar-refractivity contribution in [2.75, 3.05) is 0 Å². The lowest BCUT2D eigenvalue weighted by atomic mass is 9.79. The predicted octanol–water partition coefficient (Wildman–Crippen LogP) is 3.05. The summed E-state index contributed by atoms with van der Waals surface area (Å²) < 4.78 is 0. The molecule has 0 saturated heterocycles. The van der Waals surface area contributed by atoms with E-state index in [1.165, 1.54) is 17.5 Å². The van der Waals surface area contributed by atoms with Crippen LogP contribution in [0.25, 0.3) is 5.57 Å². The third-order valence-electron chi connectivity index (χ3n) is 2.99. The maximum Gasteiger partial charge on any atom is 0.0170 e. The first-order valence-electron chi connectivity index (χ1n) is 4.53. The smallest absolute Gasteiger partial charge is 0.0170 e. The van der Waals surface area contributed by atoms with Crippen molar-refractivity contribution in [3.63, 3.8) is 0 Å². The molecule has 0 aromatic heterocycles. The molecule has 0 saturated carbocycles. The molecule has 1 aromatic rings. The highest BCUT2D eigenvalue weighted by atomic mass is 14.4. The van der Waals surface area contributed by atoms with Gasteiger partial charge in [0.15, 0.2) is 0 Å². The second kappa shape index (κ2) is 2.01. The molecule has 0 bridgehead atoms. The Hall–Kier alpha value is -1.04. The SMILES string of the molecule is CC1CC2=C1[CH]c1ccccc12. The van der Waals surface area contributed by atoms with Crippen LogP contribution in [0, 0.1) is 12.3 Å². The third kappa shape index (κ3) is 0.632. The van der Waals surface area contributed by atoms with Crippen molar-refractivity contribution < 1.29 is 0 Å². The molecule has 0 aliphatic heterocycles.